The highest BCUT2D eigenvalue weighted by molar-refractivity contribution is 7.89. The minimum absolute atomic E-state index is 0.0716. The fraction of sp³-hybridized carbons (Fsp3) is 0.267. The van der Waals surface area contributed by atoms with E-state index in [1.165, 1.54) is 13.8 Å². The number of hydrogen-bond acceptors (Lipinski definition) is 4. The molecule has 0 aliphatic rings. The predicted molar refractivity (Wildman–Crippen MR) is 91.9 cm³/mol. The number of carbonyl (C=O) groups is 1. The van der Waals surface area contributed by atoms with Crippen LogP contribution in [0, 0.1) is 13.8 Å². The summed E-state index contributed by atoms with van der Waals surface area (Å²) in [6.45, 7) is 4.67. The van der Waals surface area contributed by atoms with Gasteiger partial charge in [0.25, 0.3) is 5.91 Å². The summed E-state index contributed by atoms with van der Waals surface area (Å²) < 4.78 is 28.7. The van der Waals surface area contributed by atoms with Gasteiger partial charge in [-0.05, 0) is 38.5 Å². The van der Waals surface area contributed by atoms with Crippen molar-refractivity contribution in [1.29, 1.82) is 0 Å². The topological polar surface area (TPSA) is 102 Å². The van der Waals surface area contributed by atoms with E-state index in [0.29, 0.717) is 15.6 Å². The second-order valence-corrected chi connectivity index (χ2v) is 7.64. The van der Waals surface area contributed by atoms with Crippen LogP contribution in [0.5, 0.6) is 0 Å². The molecule has 6 nitrogen and oxygen atoms in total. The molecule has 1 atom stereocenters. The molecule has 0 bridgehead atoms. The van der Waals surface area contributed by atoms with E-state index in [1.54, 1.807) is 25.1 Å². The van der Waals surface area contributed by atoms with E-state index in [9.17, 15) is 13.2 Å². The van der Waals surface area contributed by atoms with Crippen molar-refractivity contribution < 1.29 is 17.6 Å². The van der Waals surface area contributed by atoms with Crippen LogP contribution in [-0.4, -0.2) is 14.3 Å². The first-order chi connectivity index (χ1) is 11.0. The number of carbonyl (C=O) groups excluding carboxylic acids is 1. The summed E-state index contributed by atoms with van der Waals surface area (Å²) in [7, 11) is -4.09. The number of aryl methyl sites for hydroxylation is 2. The number of rotatable bonds is 4. The number of sulfonamides is 1. The van der Waals surface area contributed by atoms with Gasteiger partial charge in [0, 0.05) is 0 Å². The highest BCUT2D eigenvalue weighted by Crippen LogP contribution is 2.28. The number of primary sulfonamides is 1. The molecule has 0 saturated heterocycles. The first kappa shape index (κ1) is 18.8. The Morgan fingerprint density at radius 1 is 1.21 bits per heavy atom. The minimum Gasteiger partial charge on any atom is -0.464 e. The van der Waals surface area contributed by atoms with Gasteiger partial charge in [-0.25, -0.2) is 13.6 Å². The standard InChI is InChI=1S/C15H16Cl2N2O4S/c1-7(10-4-5-11(16)12(17)6-10)19-15(20)13-8(2)23-9(3)14(13)24(18,21)22/h4-7H,1-3H3,(H,19,20)(H2,18,21,22)/t7-/m1/s1. The van der Waals surface area contributed by atoms with E-state index in [0.717, 1.165) is 0 Å². The Kier molecular flexibility index (Phi) is 5.29. The molecule has 0 unspecified atom stereocenters. The summed E-state index contributed by atoms with van der Waals surface area (Å²) in [4.78, 5) is 12.2. The normalized spacial score (nSPS) is 12.9. The Hall–Kier alpha value is -1.54. The third-order valence-corrected chi connectivity index (χ3v) is 5.31. The molecule has 0 aliphatic heterocycles. The summed E-state index contributed by atoms with van der Waals surface area (Å²) in [5.41, 5.74) is 0.620. The number of halogens is 2. The number of nitrogens with one attached hydrogen (secondary N) is 1. The maximum atomic E-state index is 12.5. The lowest BCUT2D eigenvalue weighted by molar-refractivity contribution is 0.0935. The van der Waals surface area contributed by atoms with Gasteiger partial charge in [0.2, 0.25) is 10.0 Å². The van der Waals surface area contributed by atoms with Gasteiger partial charge in [0.15, 0.2) is 0 Å². The Morgan fingerprint density at radius 3 is 2.38 bits per heavy atom. The molecule has 2 rings (SSSR count). The molecule has 0 spiro atoms. The fourth-order valence-electron chi connectivity index (χ4n) is 2.40. The van der Waals surface area contributed by atoms with Gasteiger partial charge in [-0.2, -0.15) is 0 Å². The largest absolute Gasteiger partial charge is 0.464 e. The molecule has 1 heterocycles. The summed E-state index contributed by atoms with van der Waals surface area (Å²) in [6.07, 6.45) is 0. The van der Waals surface area contributed by atoms with E-state index in [-0.39, 0.29) is 22.0 Å². The van der Waals surface area contributed by atoms with Crippen molar-refractivity contribution in [3.8, 4) is 0 Å². The van der Waals surface area contributed by atoms with Crippen molar-refractivity contribution >= 4 is 39.1 Å². The van der Waals surface area contributed by atoms with Gasteiger partial charge >= 0.3 is 0 Å². The van der Waals surface area contributed by atoms with Crippen molar-refractivity contribution in [3.63, 3.8) is 0 Å². The van der Waals surface area contributed by atoms with Gasteiger partial charge in [-0.15, -0.1) is 0 Å². The van der Waals surface area contributed by atoms with Gasteiger partial charge in [-0.3, -0.25) is 4.79 Å². The maximum Gasteiger partial charge on any atom is 0.256 e. The Balaban J connectivity index is 2.35. The molecular weight excluding hydrogens is 375 g/mol. The third-order valence-electron chi connectivity index (χ3n) is 3.51. The molecule has 0 fully saturated rings. The van der Waals surface area contributed by atoms with Crippen molar-refractivity contribution in [2.24, 2.45) is 5.14 Å². The van der Waals surface area contributed by atoms with Crippen LogP contribution in [0.4, 0.5) is 0 Å². The van der Waals surface area contributed by atoms with Crippen molar-refractivity contribution in [2.75, 3.05) is 0 Å². The molecule has 2 aromatic rings. The van der Waals surface area contributed by atoms with Gasteiger partial charge in [-0.1, -0.05) is 29.3 Å². The Bertz CT molecular complexity index is 906. The first-order valence-electron chi connectivity index (χ1n) is 6.91. The highest BCUT2D eigenvalue weighted by atomic mass is 35.5. The number of hydrogen-bond donors (Lipinski definition) is 2. The van der Waals surface area contributed by atoms with Crippen LogP contribution in [0.1, 0.15) is 40.4 Å². The Labute approximate surface area is 150 Å². The van der Waals surface area contributed by atoms with Crippen LogP contribution in [0.25, 0.3) is 0 Å². The second kappa shape index (κ2) is 6.76. The van der Waals surface area contributed by atoms with Crippen LogP contribution in [-0.2, 0) is 10.0 Å². The minimum atomic E-state index is -4.09. The van der Waals surface area contributed by atoms with Crippen LogP contribution in [0.2, 0.25) is 10.0 Å². The van der Waals surface area contributed by atoms with Crippen LogP contribution in [0.15, 0.2) is 27.5 Å². The lowest BCUT2D eigenvalue weighted by atomic mass is 10.1. The van der Waals surface area contributed by atoms with Crippen LogP contribution < -0.4 is 10.5 Å². The van der Waals surface area contributed by atoms with Gasteiger partial charge < -0.3 is 9.73 Å². The van der Waals surface area contributed by atoms with Crippen molar-refractivity contribution in [3.05, 3.63) is 50.9 Å². The van der Waals surface area contributed by atoms with E-state index in [4.69, 9.17) is 32.8 Å². The monoisotopic (exact) mass is 390 g/mol. The molecular formula is C15H16Cl2N2O4S. The Morgan fingerprint density at radius 2 is 1.83 bits per heavy atom. The predicted octanol–water partition coefficient (Wildman–Crippen LogP) is 3.34. The zero-order chi connectivity index (χ0) is 18.2. The van der Waals surface area contributed by atoms with E-state index in [2.05, 4.69) is 5.32 Å². The van der Waals surface area contributed by atoms with E-state index < -0.39 is 22.0 Å². The van der Waals surface area contributed by atoms with Crippen molar-refractivity contribution in [1.82, 2.24) is 5.32 Å². The average molecular weight is 391 g/mol. The zero-order valence-corrected chi connectivity index (χ0v) is 15.5. The highest BCUT2D eigenvalue weighted by Gasteiger charge is 2.29. The summed E-state index contributed by atoms with van der Waals surface area (Å²) in [6, 6.07) is 4.52. The van der Waals surface area contributed by atoms with Gasteiger partial charge in [0.05, 0.1) is 16.1 Å². The van der Waals surface area contributed by atoms with Crippen LogP contribution >= 0.6 is 23.2 Å². The number of benzene rings is 1. The molecule has 9 heteroatoms. The molecule has 1 aromatic heterocycles. The van der Waals surface area contributed by atoms with Crippen molar-refractivity contribution in [2.45, 2.75) is 31.7 Å². The number of nitrogens with two attached hydrogens (primary N) is 1. The lowest BCUT2D eigenvalue weighted by Gasteiger charge is -2.15. The molecule has 1 aromatic carbocycles. The molecule has 0 saturated carbocycles. The molecule has 1 amide bonds. The summed E-state index contributed by atoms with van der Waals surface area (Å²) in [5, 5.41) is 8.65. The SMILES string of the molecule is Cc1oc(C)c(S(N)(=O)=O)c1C(=O)N[C@H](C)c1ccc(Cl)c(Cl)c1. The summed E-state index contributed by atoms with van der Waals surface area (Å²) >= 11 is 11.8. The molecule has 24 heavy (non-hydrogen) atoms. The fourth-order valence-corrected chi connectivity index (χ4v) is 3.67. The second-order valence-electron chi connectivity index (χ2n) is 5.33. The van der Waals surface area contributed by atoms with E-state index in [1.807, 2.05) is 0 Å². The number of amides is 1. The molecule has 130 valence electrons. The smallest absolute Gasteiger partial charge is 0.256 e. The van der Waals surface area contributed by atoms with E-state index >= 15 is 0 Å². The first-order valence-corrected chi connectivity index (χ1v) is 9.21. The molecule has 0 radical (unpaired) electrons. The van der Waals surface area contributed by atoms with Gasteiger partial charge in [0.1, 0.15) is 22.0 Å². The number of furan rings is 1. The maximum absolute atomic E-state index is 12.5. The lowest BCUT2D eigenvalue weighted by Crippen LogP contribution is -2.29. The van der Waals surface area contributed by atoms with Crippen LogP contribution in [0.3, 0.4) is 0 Å². The molecule has 3 N–H and O–H groups in total. The summed E-state index contributed by atoms with van der Waals surface area (Å²) in [5.74, 6) is -0.357. The zero-order valence-electron chi connectivity index (χ0n) is 13.2. The average Bonchev–Trinajstić information content (AvgIpc) is 2.76. The molecule has 0 aliphatic carbocycles. The third kappa shape index (κ3) is 3.75. The quantitative estimate of drug-likeness (QED) is 0.834.